The van der Waals surface area contributed by atoms with Crippen molar-refractivity contribution in [1.82, 2.24) is 10.5 Å². The number of aromatic nitrogens is 1. The van der Waals surface area contributed by atoms with E-state index in [1.807, 2.05) is 0 Å². The van der Waals surface area contributed by atoms with Gasteiger partial charge in [0.1, 0.15) is 11.6 Å². The van der Waals surface area contributed by atoms with Crippen molar-refractivity contribution in [2.45, 2.75) is 26.8 Å². The van der Waals surface area contributed by atoms with Crippen LogP contribution >= 0.6 is 15.9 Å². The highest BCUT2D eigenvalue weighted by atomic mass is 79.9. The van der Waals surface area contributed by atoms with Gasteiger partial charge in [-0.2, -0.15) is 0 Å². The van der Waals surface area contributed by atoms with Crippen LogP contribution in [0.15, 0.2) is 27.2 Å². The van der Waals surface area contributed by atoms with Crippen molar-refractivity contribution >= 4 is 21.8 Å². The smallest absolute Gasteiger partial charge is 0.254 e. The van der Waals surface area contributed by atoms with Crippen LogP contribution in [0.5, 0.6) is 0 Å². The van der Waals surface area contributed by atoms with Gasteiger partial charge in [0.25, 0.3) is 5.91 Å². The molecule has 0 saturated carbocycles. The molecule has 0 spiro atoms. The quantitative estimate of drug-likeness (QED) is 0.927. The Labute approximate surface area is 124 Å². The molecule has 1 atom stereocenters. The summed E-state index contributed by atoms with van der Waals surface area (Å²) in [5.74, 6) is -0.391. The minimum atomic E-state index is -0.559. The molecule has 0 aliphatic rings. The number of nitrogens with one attached hydrogen (secondary N) is 1. The van der Waals surface area contributed by atoms with E-state index in [9.17, 15) is 9.18 Å². The predicted octanol–water partition coefficient (Wildman–Crippen LogP) is 3.68. The Balaban J connectivity index is 2.22. The number of hydrogen-bond acceptors (Lipinski definition) is 3. The van der Waals surface area contributed by atoms with Crippen molar-refractivity contribution in [3.63, 3.8) is 0 Å². The second-order valence-electron chi connectivity index (χ2n) is 4.56. The summed E-state index contributed by atoms with van der Waals surface area (Å²) in [5, 5.41) is 6.59. The van der Waals surface area contributed by atoms with Gasteiger partial charge in [0.05, 0.1) is 17.3 Å². The molecule has 4 nitrogen and oxygen atoms in total. The molecule has 1 unspecified atom stereocenters. The van der Waals surface area contributed by atoms with Gasteiger partial charge in [0.2, 0.25) is 0 Å². The van der Waals surface area contributed by atoms with E-state index in [1.54, 1.807) is 26.8 Å². The first-order valence-corrected chi connectivity index (χ1v) is 6.88. The summed E-state index contributed by atoms with van der Waals surface area (Å²) in [6.45, 7) is 5.38. The Morgan fingerprint density at radius 2 is 2.15 bits per heavy atom. The fourth-order valence-electron chi connectivity index (χ4n) is 2.13. The Kier molecular flexibility index (Phi) is 4.23. The number of carbonyl (C=O) groups is 1. The average Bonchev–Trinajstić information content (AvgIpc) is 2.71. The van der Waals surface area contributed by atoms with E-state index in [0.29, 0.717) is 15.9 Å². The molecule has 6 heteroatoms. The van der Waals surface area contributed by atoms with Gasteiger partial charge in [-0.1, -0.05) is 21.1 Å². The molecule has 1 aromatic carbocycles. The van der Waals surface area contributed by atoms with Gasteiger partial charge in [-0.25, -0.2) is 4.39 Å². The molecular weight excluding hydrogens is 327 g/mol. The van der Waals surface area contributed by atoms with E-state index in [0.717, 1.165) is 5.56 Å². The van der Waals surface area contributed by atoms with Crippen LogP contribution in [0.4, 0.5) is 4.39 Å². The van der Waals surface area contributed by atoms with E-state index < -0.39 is 11.7 Å². The van der Waals surface area contributed by atoms with Gasteiger partial charge in [0, 0.05) is 10.0 Å². The maximum Gasteiger partial charge on any atom is 0.254 e. The van der Waals surface area contributed by atoms with Crippen LogP contribution in [0, 0.1) is 19.7 Å². The van der Waals surface area contributed by atoms with Crippen molar-refractivity contribution in [3.05, 3.63) is 51.1 Å². The van der Waals surface area contributed by atoms with Crippen molar-refractivity contribution in [2.24, 2.45) is 0 Å². The van der Waals surface area contributed by atoms with Crippen molar-refractivity contribution in [3.8, 4) is 0 Å². The molecule has 106 valence electrons. The third-order valence-corrected chi connectivity index (χ3v) is 3.54. The second kappa shape index (κ2) is 5.75. The SMILES string of the molecule is Cc1noc(C)c1C(C)NC(=O)c1cc(Br)ccc1F. The van der Waals surface area contributed by atoms with E-state index in [2.05, 4.69) is 26.4 Å². The molecule has 0 bridgehead atoms. The van der Waals surface area contributed by atoms with Crippen LogP contribution in [-0.2, 0) is 0 Å². The van der Waals surface area contributed by atoms with Crippen molar-refractivity contribution in [1.29, 1.82) is 0 Å². The average molecular weight is 341 g/mol. The summed E-state index contributed by atoms with van der Waals surface area (Å²) >= 11 is 3.22. The maximum atomic E-state index is 13.7. The first kappa shape index (κ1) is 14.7. The van der Waals surface area contributed by atoms with E-state index in [1.165, 1.54) is 12.1 Å². The lowest BCUT2D eigenvalue weighted by atomic mass is 10.1. The first-order valence-electron chi connectivity index (χ1n) is 6.09. The Bertz CT molecular complexity index is 635. The van der Waals surface area contributed by atoms with Gasteiger partial charge < -0.3 is 9.84 Å². The number of nitrogens with zero attached hydrogens (tertiary/aromatic N) is 1. The highest BCUT2D eigenvalue weighted by Gasteiger charge is 2.20. The zero-order chi connectivity index (χ0) is 14.9. The predicted molar refractivity (Wildman–Crippen MR) is 76.0 cm³/mol. The molecule has 0 aliphatic carbocycles. The van der Waals surface area contributed by atoms with Gasteiger partial charge >= 0.3 is 0 Å². The highest BCUT2D eigenvalue weighted by Crippen LogP contribution is 2.22. The fraction of sp³-hybridized carbons (Fsp3) is 0.286. The minimum absolute atomic E-state index is 0.00187. The molecule has 20 heavy (non-hydrogen) atoms. The van der Waals surface area contributed by atoms with Crippen LogP contribution in [0.1, 0.15) is 40.3 Å². The molecule has 1 N–H and O–H groups in total. The molecule has 2 rings (SSSR count). The Hall–Kier alpha value is -1.69. The van der Waals surface area contributed by atoms with Crippen LogP contribution in [-0.4, -0.2) is 11.1 Å². The van der Waals surface area contributed by atoms with Crippen molar-refractivity contribution in [2.75, 3.05) is 0 Å². The molecule has 0 aliphatic heterocycles. The van der Waals surface area contributed by atoms with Gasteiger partial charge in [-0.3, -0.25) is 4.79 Å². The lowest BCUT2D eigenvalue weighted by molar-refractivity contribution is 0.0935. The molecule has 1 heterocycles. The zero-order valence-electron chi connectivity index (χ0n) is 11.3. The Morgan fingerprint density at radius 3 is 2.75 bits per heavy atom. The number of aryl methyl sites for hydroxylation is 2. The molecule has 0 saturated heterocycles. The molecule has 2 aromatic rings. The van der Waals surface area contributed by atoms with E-state index >= 15 is 0 Å². The summed E-state index contributed by atoms with van der Waals surface area (Å²) in [5.41, 5.74) is 1.52. The van der Waals surface area contributed by atoms with Gasteiger partial charge in [0.15, 0.2) is 0 Å². The largest absolute Gasteiger partial charge is 0.361 e. The summed E-state index contributed by atoms with van der Waals surface area (Å²) in [4.78, 5) is 12.1. The second-order valence-corrected chi connectivity index (χ2v) is 5.47. The number of halogens is 2. The zero-order valence-corrected chi connectivity index (χ0v) is 12.9. The number of amides is 1. The van der Waals surface area contributed by atoms with Crippen LogP contribution in [0.3, 0.4) is 0 Å². The number of carbonyl (C=O) groups excluding carboxylic acids is 1. The summed E-state index contributed by atoms with van der Waals surface area (Å²) in [6, 6.07) is 3.93. The number of rotatable bonds is 3. The molecule has 1 amide bonds. The van der Waals surface area contributed by atoms with Crippen LogP contribution in [0.2, 0.25) is 0 Å². The lowest BCUT2D eigenvalue weighted by Crippen LogP contribution is -2.28. The summed E-state index contributed by atoms with van der Waals surface area (Å²) in [6.07, 6.45) is 0. The topological polar surface area (TPSA) is 55.1 Å². The number of hydrogen-bond donors (Lipinski definition) is 1. The summed E-state index contributed by atoms with van der Waals surface area (Å²) in [7, 11) is 0. The third kappa shape index (κ3) is 2.90. The molecular formula is C14H14BrFN2O2. The monoisotopic (exact) mass is 340 g/mol. The minimum Gasteiger partial charge on any atom is -0.361 e. The normalized spacial score (nSPS) is 12.2. The van der Waals surface area contributed by atoms with Crippen LogP contribution in [0.25, 0.3) is 0 Å². The Morgan fingerprint density at radius 1 is 1.45 bits per heavy atom. The van der Waals surface area contributed by atoms with Crippen molar-refractivity contribution < 1.29 is 13.7 Å². The maximum absolute atomic E-state index is 13.7. The van der Waals surface area contributed by atoms with E-state index in [4.69, 9.17) is 4.52 Å². The van der Waals surface area contributed by atoms with Crippen LogP contribution < -0.4 is 5.32 Å². The molecule has 0 fully saturated rings. The standard InChI is InChI=1S/C14H14BrFN2O2/c1-7(13-8(2)18-20-9(13)3)17-14(19)11-6-10(15)4-5-12(11)16/h4-7H,1-3H3,(H,17,19). The number of benzene rings is 1. The first-order chi connectivity index (χ1) is 9.40. The fourth-order valence-corrected chi connectivity index (χ4v) is 2.49. The van der Waals surface area contributed by atoms with Gasteiger partial charge in [-0.15, -0.1) is 0 Å². The molecule has 0 radical (unpaired) electrons. The lowest BCUT2D eigenvalue weighted by Gasteiger charge is -2.14. The highest BCUT2D eigenvalue weighted by molar-refractivity contribution is 9.10. The van der Waals surface area contributed by atoms with E-state index in [-0.39, 0.29) is 11.6 Å². The molecule has 1 aromatic heterocycles. The third-order valence-electron chi connectivity index (χ3n) is 3.04. The summed E-state index contributed by atoms with van der Waals surface area (Å²) < 4.78 is 19.4. The van der Waals surface area contributed by atoms with Gasteiger partial charge in [-0.05, 0) is 39.0 Å².